The summed E-state index contributed by atoms with van der Waals surface area (Å²) in [4.78, 5) is 14.5. The molecule has 0 saturated carbocycles. The van der Waals surface area contributed by atoms with E-state index in [4.69, 9.17) is 11.1 Å². The highest BCUT2D eigenvalue weighted by atomic mass is 15.2. The number of benzene rings is 2. The maximum Gasteiger partial charge on any atom is 0.143 e. The van der Waals surface area contributed by atoms with Crippen LogP contribution >= 0.6 is 0 Å². The molecule has 0 spiro atoms. The van der Waals surface area contributed by atoms with Crippen LogP contribution in [0, 0.1) is 12.3 Å². The van der Waals surface area contributed by atoms with Crippen LogP contribution in [0.25, 0.3) is 10.9 Å². The first-order valence-electron chi connectivity index (χ1n) is 9.71. The number of rotatable bonds is 3. The lowest BCUT2D eigenvalue weighted by molar-refractivity contribution is 0.634. The highest BCUT2D eigenvalue weighted by Gasteiger charge is 2.33. The minimum absolute atomic E-state index is 0.0425. The molecule has 0 saturated heterocycles. The van der Waals surface area contributed by atoms with Crippen LogP contribution in [0.1, 0.15) is 34.0 Å². The summed E-state index contributed by atoms with van der Waals surface area (Å²) in [6.45, 7) is 2.89. The van der Waals surface area contributed by atoms with E-state index in [1.165, 1.54) is 40.3 Å². The molecule has 6 heteroatoms. The lowest BCUT2D eigenvalue weighted by atomic mass is 9.91. The Morgan fingerprint density at radius 2 is 2.03 bits per heavy atom. The standard InChI is InChI=1S/C23H22N6/c1-14-5-4-6-15(11-14)21-20-17(16-7-2-3-8-19(16)28-20)9-10-29(21)23-18(12-24)22(25)26-13-27-23/h2-8,11-13,21,24,28H,9-10H2,1H3,(H2,25,26,27). The number of para-hydroxylation sites is 1. The van der Waals surface area contributed by atoms with Gasteiger partial charge >= 0.3 is 0 Å². The summed E-state index contributed by atoms with van der Waals surface area (Å²) in [6.07, 6.45) is 3.62. The normalized spacial score (nSPS) is 16.0. The molecule has 3 heterocycles. The summed E-state index contributed by atoms with van der Waals surface area (Å²) < 4.78 is 0. The molecule has 2 aromatic carbocycles. The van der Waals surface area contributed by atoms with Crippen molar-refractivity contribution in [1.82, 2.24) is 15.0 Å². The van der Waals surface area contributed by atoms with E-state index in [0.29, 0.717) is 17.2 Å². The van der Waals surface area contributed by atoms with Crippen LogP contribution in [0.15, 0.2) is 54.9 Å². The van der Waals surface area contributed by atoms with Crippen LogP contribution in [0.2, 0.25) is 0 Å². The second kappa shape index (κ2) is 6.74. The molecule has 5 rings (SSSR count). The Kier molecular flexibility index (Phi) is 4.05. The van der Waals surface area contributed by atoms with E-state index in [9.17, 15) is 0 Å². The minimum atomic E-state index is -0.0425. The van der Waals surface area contributed by atoms with E-state index in [-0.39, 0.29) is 6.04 Å². The van der Waals surface area contributed by atoms with Crippen LogP contribution in [0.5, 0.6) is 0 Å². The third kappa shape index (κ3) is 2.76. The van der Waals surface area contributed by atoms with Crippen molar-refractivity contribution in [2.24, 2.45) is 0 Å². The van der Waals surface area contributed by atoms with Gasteiger partial charge in [0.25, 0.3) is 0 Å². The molecule has 0 aliphatic carbocycles. The quantitative estimate of drug-likeness (QED) is 0.467. The summed E-state index contributed by atoms with van der Waals surface area (Å²) >= 11 is 0. The van der Waals surface area contributed by atoms with E-state index < -0.39 is 0 Å². The molecular formula is C23H22N6. The number of nitrogens with zero attached hydrogens (tertiary/aromatic N) is 3. The molecular weight excluding hydrogens is 360 g/mol. The molecule has 1 atom stereocenters. The van der Waals surface area contributed by atoms with Crippen molar-refractivity contribution >= 4 is 28.8 Å². The summed E-state index contributed by atoms with van der Waals surface area (Å²) in [5.41, 5.74) is 12.7. The zero-order valence-electron chi connectivity index (χ0n) is 16.2. The Bertz CT molecular complexity index is 1230. The second-order valence-electron chi connectivity index (χ2n) is 7.46. The number of H-pyrrole nitrogens is 1. The Balaban J connectivity index is 1.76. The van der Waals surface area contributed by atoms with Gasteiger partial charge in [-0.15, -0.1) is 0 Å². The molecule has 4 aromatic rings. The van der Waals surface area contributed by atoms with Gasteiger partial charge < -0.3 is 21.0 Å². The Hall–Kier alpha value is -3.67. The van der Waals surface area contributed by atoms with Crippen LogP contribution < -0.4 is 10.6 Å². The fourth-order valence-corrected chi connectivity index (χ4v) is 4.42. The molecule has 0 amide bonds. The van der Waals surface area contributed by atoms with Crippen molar-refractivity contribution in [3.8, 4) is 0 Å². The van der Waals surface area contributed by atoms with Gasteiger partial charge in [0.2, 0.25) is 0 Å². The zero-order chi connectivity index (χ0) is 20.0. The molecule has 6 nitrogen and oxygen atoms in total. The number of hydrogen-bond acceptors (Lipinski definition) is 5. The van der Waals surface area contributed by atoms with Crippen molar-refractivity contribution in [1.29, 1.82) is 5.41 Å². The highest BCUT2D eigenvalue weighted by molar-refractivity contribution is 5.91. The van der Waals surface area contributed by atoms with Gasteiger partial charge in [-0.25, -0.2) is 9.97 Å². The van der Waals surface area contributed by atoms with Crippen molar-refractivity contribution in [2.75, 3.05) is 17.2 Å². The number of anilines is 2. The number of hydrogen-bond donors (Lipinski definition) is 3. The van der Waals surface area contributed by atoms with Gasteiger partial charge in [-0.2, -0.15) is 0 Å². The van der Waals surface area contributed by atoms with Gasteiger partial charge in [-0.05, 0) is 30.5 Å². The lowest BCUT2D eigenvalue weighted by Gasteiger charge is -2.38. The fourth-order valence-electron chi connectivity index (χ4n) is 4.42. The average Bonchev–Trinajstić information content (AvgIpc) is 3.11. The maximum absolute atomic E-state index is 7.86. The van der Waals surface area contributed by atoms with Gasteiger partial charge in [0.1, 0.15) is 18.0 Å². The van der Waals surface area contributed by atoms with Crippen LogP contribution in [0.3, 0.4) is 0 Å². The first kappa shape index (κ1) is 17.4. The Labute approximate surface area is 168 Å². The van der Waals surface area contributed by atoms with Gasteiger partial charge in [-0.1, -0.05) is 48.0 Å². The average molecular weight is 382 g/mol. The zero-order valence-corrected chi connectivity index (χ0v) is 16.2. The van der Waals surface area contributed by atoms with Crippen LogP contribution in [-0.4, -0.2) is 27.7 Å². The molecule has 1 aliphatic heterocycles. The number of aromatic amines is 1. The van der Waals surface area contributed by atoms with Crippen molar-refractivity contribution in [2.45, 2.75) is 19.4 Å². The summed E-state index contributed by atoms with van der Waals surface area (Å²) in [7, 11) is 0. The Morgan fingerprint density at radius 1 is 1.17 bits per heavy atom. The van der Waals surface area contributed by atoms with Gasteiger partial charge in [0.05, 0.1) is 11.6 Å². The molecule has 0 bridgehead atoms. The maximum atomic E-state index is 7.86. The molecule has 0 radical (unpaired) electrons. The highest BCUT2D eigenvalue weighted by Crippen LogP contribution is 2.41. The SMILES string of the molecule is Cc1cccc(C2c3[nH]c4ccccc4c3CCN2c2ncnc(N)c2C=N)c1. The van der Waals surface area contributed by atoms with E-state index >= 15 is 0 Å². The van der Waals surface area contributed by atoms with Gasteiger partial charge in [-0.3, -0.25) is 0 Å². The van der Waals surface area contributed by atoms with Gasteiger partial charge in [0, 0.05) is 29.4 Å². The molecule has 0 fully saturated rings. The first-order valence-corrected chi connectivity index (χ1v) is 9.71. The molecule has 1 aliphatic rings. The summed E-state index contributed by atoms with van der Waals surface area (Å²) in [5.74, 6) is 1.03. The van der Waals surface area contributed by atoms with E-state index in [2.05, 4.69) is 75.3 Å². The van der Waals surface area contributed by atoms with Gasteiger partial charge in [0.15, 0.2) is 0 Å². The molecule has 1 unspecified atom stereocenters. The van der Waals surface area contributed by atoms with Crippen molar-refractivity contribution in [3.05, 3.63) is 82.8 Å². The number of fused-ring (bicyclic) bond motifs is 3. The largest absolute Gasteiger partial charge is 0.383 e. The number of nitrogen functional groups attached to an aromatic ring is 1. The number of aryl methyl sites for hydroxylation is 1. The van der Waals surface area contributed by atoms with E-state index in [1.54, 1.807) is 0 Å². The van der Waals surface area contributed by atoms with Crippen LogP contribution in [-0.2, 0) is 6.42 Å². The molecule has 144 valence electrons. The Morgan fingerprint density at radius 3 is 2.86 bits per heavy atom. The smallest absolute Gasteiger partial charge is 0.143 e. The lowest BCUT2D eigenvalue weighted by Crippen LogP contribution is -2.37. The van der Waals surface area contributed by atoms with Crippen molar-refractivity contribution in [3.63, 3.8) is 0 Å². The number of nitrogens with one attached hydrogen (secondary N) is 2. The third-order valence-electron chi connectivity index (χ3n) is 5.70. The van der Waals surface area contributed by atoms with Crippen LogP contribution in [0.4, 0.5) is 11.6 Å². The third-order valence-corrected chi connectivity index (χ3v) is 5.70. The first-order chi connectivity index (χ1) is 14.2. The minimum Gasteiger partial charge on any atom is -0.383 e. The molecule has 29 heavy (non-hydrogen) atoms. The predicted molar refractivity (Wildman–Crippen MR) is 117 cm³/mol. The number of nitrogens with two attached hydrogens (primary N) is 1. The fraction of sp³-hybridized carbons (Fsp3) is 0.174. The van der Waals surface area contributed by atoms with E-state index in [0.717, 1.165) is 18.5 Å². The summed E-state index contributed by atoms with van der Waals surface area (Å²) in [5, 5.41) is 9.13. The monoisotopic (exact) mass is 382 g/mol. The topological polar surface area (TPSA) is 94.7 Å². The predicted octanol–water partition coefficient (Wildman–Crippen LogP) is 4.00. The van der Waals surface area contributed by atoms with Crippen molar-refractivity contribution < 1.29 is 0 Å². The second-order valence-corrected chi connectivity index (χ2v) is 7.46. The number of aromatic nitrogens is 3. The molecule has 4 N–H and O–H groups in total. The summed E-state index contributed by atoms with van der Waals surface area (Å²) in [6, 6.07) is 17.0. The van der Waals surface area contributed by atoms with E-state index in [1.807, 2.05) is 0 Å². The molecule has 2 aromatic heterocycles.